The summed E-state index contributed by atoms with van der Waals surface area (Å²) in [5, 5.41) is 4.54. The van der Waals surface area contributed by atoms with Crippen molar-refractivity contribution in [3.05, 3.63) is 30.0 Å². The minimum absolute atomic E-state index is 0.690. The van der Waals surface area contributed by atoms with E-state index in [1.807, 2.05) is 31.3 Å². The topological polar surface area (TPSA) is 53.1 Å². The van der Waals surface area contributed by atoms with Crippen LogP contribution in [-0.2, 0) is 13.5 Å². The fourth-order valence-corrected chi connectivity index (χ4v) is 2.26. The van der Waals surface area contributed by atoms with Gasteiger partial charge < -0.3 is 10.5 Å². The lowest BCUT2D eigenvalue weighted by Crippen LogP contribution is -1.98. The van der Waals surface area contributed by atoms with Crippen LogP contribution in [0.3, 0.4) is 0 Å². The van der Waals surface area contributed by atoms with E-state index in [4.69, 9.17) is 10.5 Å². The second-order valence-electron chi connectivity index (χ2n) is 4.63. The van der Waals surface area contributed by atoms with Gasteiger partial charge in [0.15, 0.2) is 0 Å². The minimum Gasteiger partial charge on any atom is -0.496 e. The molecule has 4 heteroatoms. The first kappa shape index (κ1) is 13.5. The third-order valence-electron chi connectivity index (χ3n) is 3.31. The summed E-state index contributed by atoms with van der Waals surface area (Å²) in [6, 6.07) is 7.93. The average Bonchev–Trinajstić information content (AvgIpc) is 2.71. The van der Waals surface area contributed by atoms with E-state index in [2.05, 4.69) is 12.0 Å². The van der Waals surface area contributed by atoms with Crippen LogP contribution in [0.1, 0.15) is 25.5 Å². The quantitative estimate of drug-likeness (QED) is 0.898. The Balaban J connectivity index is 2.53. The van der Waals surface area contributed by atoms with Crippen molar-refractivity contribution in [3.63, 3.8) is 0 Å². The summed E-state index contributed by atoms with van der Waals surface area (Å²) < 4.78 is 7.17. The molecule has 1 aromatic carbocycles. The molecule has 0 saturated carbocycles. The Morgan fingerprint density at radius 3 is 2.74 bits per heavy atom. The van der Waals surface area contributed by atoms with E-state index in [-0.39, 0.29) is 0 Å². The molecular weight excluding hydrogens is 238 g/mol. The Kier molecular flexibility index (Phi) is 4.10. The molecule has 1 aromatic heterocycles. The SMILES string of the molecule is CCCCc1nn(C)c(N)c1-c1ccccc1OC. The van der Waals surface area contributed by atoms with Crippen molar-refractivity contribution in [1.82, 2.24) is 9.78 Å². The van der Waals surface area contributed by atoms with Crippen molar-refractivity contribution in [2.24, 2.45) is 7.05 Å². The number of hydrogen-bond acceptors (Lipinski definition) is 3. The zero-order chi connectivity index (χ0) is 13.8. The van der Waals surface area contributed by atoms with Crippen LogP contribution in [0.2, 0.25) is 0 Å². The van der Waals surface area contributed by atoms with Crippen LogP contribution in [-0.4, -0.2) is 16.9 Å². The van der Waals surface area contributed by atoms with Gasteiger partial charge in [0.25, 0.3) is 0 Å². The van der Waals surface area contributed by atoms with Crippen molar-refractivity contribution in [1.29, 1.82) is 0 Å². The van der Waals surface area contributed by atoms with E-state index in [1.165, 1.54) is 0 Å². The van der Waals surface area contributed by atoms with E-state index < -0.39 is 0 Å². The van der Waals surface area contributed by atoms with Gasteiger partial charge in [0.1, 0.15) is 11.6 Å². The Morgan fingerprint density at radius 1 is 1.32 bits per heavy atom. The molecule has 0 bridgehead atoms. The number of anilines is 1. The molecule has 0 fully saturated rings. The fraction of sp³-hybridized carbons (Fsp3) is 0.400. The lowest BCUT2D eigenvalue weighted by Gasteiger charge is -2.09. The molecule has 2 rings (SSSR count). The first-order chi connectivity index (χ1) is 9.19. The van der Waals surface area contributed by atoms with Gasteiger partial charge in [-0.05, 0) is 18.9 Å². The molecule has 0 aliphatic heterocycles. The number of nitrogen functional groups attached to an aromatic ring is 1. The van der Waals surface area contributed by atoms with Crippen LogP contribution in [0.4, 0.5) is 5.82 Å². The van der Waals surface area contributed by atoms with Crippen LogP contribution in [0, 0.1) is 0 Å². The highest BCUT2D eigenvalue weighted by atomic mass is 16.5. The fourth-order valence-electron chi connectivity index (χ4n) is 2.26. The molecule has 0 atom stereocenters. The van der Waals surface area contributed by atoms with Crippen LogP contribution in [0.25, 0.3) is 11.1 Å². The van der Waals surface area contributed by atoms with Crippen molar-refractivity contribution in [2.45, 2.75) is 26.2 Å². The Morgan fingerprint density at radius 2 is 2.05 bits per heavy atom. The highest BCUT2D eigenvalue weighted by Gasteiger charge is 2.18. The highest BCUT2D eigenvalue weighted by molar-refractivity contribution is 5.80. The van der Waals surface area contributed by atoms with Gasteiger partial charge in [0.2, 0.25) is 0 Å². The maximum Gasteiger partial charge on any atom is 0.129 e. The van der Waals surface area contributed by atoms with Gasteiger partial charge in [-0.15, -0.1) is 0 Å². The number of benzene rings is 1. The zero-order valence-corrected chi connectivity index (χ0v) is 11.8. The van der Waals surface area contributed by atoms with E-state index in [0.29, 0.717) is 5.82 Å². The Hall–Kier alpha value is -1.97. The number of methoxy groups -OCH3 is 1. The second kappa shape index (κ2) is 5.78. The maximum atomic E-state index is 6.18. The Bertz CT molecular complexity index is 561. The zero-order valence-electron chi connectivity index (χ0n) is 11.8. The molecule has 0 aliphatic carbocycles. The summed E-state index contributed by atoms with van der Waals surface area (Å²) in [4.78, 5) is 0. The van der Waals surface area contributed by atoms with Gasteiger partial charge in [0.05, 0.1) is 18.4 Å². The largest absolute Gasteiger partial charge is 0.496 e. The van der Waals surface area contributed by atoms with Crippen molar-refractivity contribution in [2.75, 3.05) is 12.8 Å². The average molecular weight is 259 g/mol. The van der Waals surface area contributed by atoms with E-state index in [1.54, 1.807) is 11.8 Å². The van der Waals surface area contributed by atoms with E-state index in [0.717, 1.165) is 41.8 Å². The smallest absolute Gasteiger partial charge is 0.129 e. The summed E-state index contributed by atoms with van der Waals surface area (Å²) in [6.07, 6.45) is 3.19. The van der Waals surface area contributed by atoms with Gasteiger partial charge in [-0.1, -0.05) is 31.5 Å². The number of nitrogens with two attached hydrogens (primary N) is 1. The van der Waals surface area contributed by atoms with Gasteiger partial charge in [0, 0.05) is 12.6 Å². The summed E-state index contributed by atoms with van der Waals surface area (Å²) in [6.45, 7) is 2.18. The summed E-state index contributed by atoms with van der Waals surface area (Å²) in [7, 11) is 3.56. The van der Waals surface area contributed by atoms with Crippen molar-refractivity contribution >= 4 is 5.82 Å². The van der Waals surface area contributed by atoms with Crippen LogP contribution >= 0.6 is 0 Å². The Labute approximate surface area is 114 Å². The van der Waals surface area contributed by atoms with Crippen molar-refractivity contribution < 1.29 is 4.74 Å². The van der Waals surface area contributed by atoms with E-state index >= 15 is 0 Å². The molecule has 1 heterocycles. The second-order valence-corrected chi connectivity index (χ2v) is 4.63. The highest BCUT2D eigenvalue weighted by Crippen LogP contribution is 2.36. The first-order valence-corrected chi connectivity index (χ1v) is 6.63. The van der Waals surface area contributed by atoms with Crippen LogP contribution in [0.15, 0.2) is 24.3 Å². The first-order valence-electron chi connectivity index (χ1n) is 6.63. The van der Waals surface area contributed by atoms with Gasteiger partial charge in [-0.2, -0.15) is 5.10 Å². The number of nitrogens with zero attached hydrogens (tertiary/aromatic N) is 2. The summed E-state index contributed by atoms with van der Waals surface area (Å²) in [5.41, 5.74) is 9.25. The number of para-hydroxylation sites is 1. The maximum absolute atomic E-state index is 6.18. The van der Waals surface area contributed by atoms with E-state index in [9.17, 15) is 0 Å². The van der Waals surface area contributed by atoms with Crippen LogP contribution < -0.4 is 10.5 Å². The normalized spacial score (nSPS) is 10.7. The standard InChI is InChI=1S/C15H21N3O/c1-4-5-9-12-14(15(16)18(2)17-12)11-8-6-7-10-13(11)19-3/h6-8,10H,4-5,9,16H2,1-3H3. The molecule has 0 aliphatic rings. The molecule has 102 valence electrons. The number of aryl methyl sites for hydroxylation is 2. The summed E-state index contributed by atoms with van der Waals surface area (Å²) in [5.74, 6) is 1.52. The number of aromatic nitrogens is 2. The predicted molar refractivity (Wildman–Crippen MR) is 78.2 cm³/mol. The van der Waals surface area contributed by atoms with Crippen molar-refractivity contribution in [3.8, 4) is 16.9 Å². The lowest BCUT2D eigenvalue weighted by molar-refractivity contribution is 0.416. The number of rotatable bonds is 5. The molecule has 0 unspecified atom stereocenters. The molecule has 2 aromatic rings. The van der Waals surface area contributed by atoms with Gasteiger partial charge >= 0.3 is 0 Å². The van der Waals surface area contributed by atoms with Gasteiger partial charge in [-0.25, -0.2) is 0 Å². The summed E-state index contributed by atoms with van der Waals surface area (Å²) >= 11 is 0. The number of ether oxygens (including phenoxy) is 1. The monoisotopic (exact) mass is 259 g/mol. The molecular formula is C15H21N3O. The minimum atomic E-state index is 0.690. The molecule has 0 radical (unpaired) electrons. The number of hydrogen-bond donors (Lipinski definition) is 1. The molecule has 4 nitrogen and oxygen atoms in total. The molecule has 0 amide bonds. The van der Waals surface area contributed by atoms with Crippen LogP contribution in [0.5, 0.6) is 5.75 Å². The van der Waals surface area contributed by atoms with Gasteiger partial charge in [-0.3, -0.25) is 4.68 Å². The molecule has 0 saturated heterocycles. The lowest BCUT2D eigenvalue weighted by atomic mass is 10.0. The third kappa shape index (κ3) is 2.57. The predicted octanol–water partition coefficient (Wildman–Crippen LogP) is 3.02. The molecule has 2 N–H and O–H groups in total. The number of unbranched alkanes of at least 4 members (excludes halogenated alkanes) is 1. The molecule has 19 heavy (non-hydrogen) atoms. The molecule has 0 spiro atoms. The third-order valence-corrected chi connectivity index (χ3v) is 3.31.